The minimum Gasteiger partial charge on any atom is -0.405 e. The van der Waals surface area contributed by atoms with Crippen molar-refractivity contribution in [3.63, 3.8) is 0 Å². The lowest BCUT2D eigenvalue weighted by molar-refractivity contribution is -0.199. The van der Waals surface area contributed by atoms with Gasteiger partial charge in [-0.15, -0.1) is 0 Å². The Bertz CT molecular complexity index is 1920. The van der Waals surface area contributed by atoms with Gasteiger partial charge >= 0.3 is 7.12 Å². The normalized spacial score (nSPS) is 27.0. The molecule has 13 heteroatoms. The first-order chi connectivity index (χ1) is 29.9. The van der Waals surface area contributed by atoms with Gasteiger partial charge in [0.2, 0.25) is 11.8 Å². The summed E-state index contributed by atoms with van der Waals surface area (Å²) in [6.45, 7) is 14.9. The van der Waals surface area contributed by atoms with Gasteiger partial charge in [0.15, 0.2) is 17.3 Å². The molecule has 2 aliphatic heterocycles. The van der Waals surface area contributed by atoms with Crippen molar-refractivity contribution in [1.82, 2.24) is 16.0 Å². The Kier molecular flexibility index (Phi) is 16.3. The van der Waals surface area contributed by atoms with Crippen LogP contribution in [-0.2, 0) is 34.9 Å². The Morgan fingerprint density at radius 3 is 2.21 bits per heavy atom. The first kappa shape index (κ1) is 48.7. The monoisotopic (exact) mass is 869 g/mol. The Labute approximate surface area is 375 Å². The molecule has 2 aromatic carbocycles. The van der Waals surface area contributed by atoms with E-state index in [0.29, 0.717) is 56.2 Å². The summed E-state index contributed by atoms with van der Waals surface area (Å²) < 4.78 is 13.1. The van der Waals surface area contributed by atoms with Gasteiger partial charge in [-0.1, -0.05) is 89.6 Å². The fourth-order valence-corrected chi connectivity index (χ4v) is 10.7. The summed E-state index contributed by atoms with van der Waals surface area (Å²) in [6, 6.07) is 13.5. The van der Waals surface area contributed by atoms with E-state index >= 15 is 0 Å². The lowest BCUT2D eigenvalue weighted by Crippen LogP contribution is -2.65. The first-order valence-electron chi connectivity index (χ1n) is 23.8. The third-order valence-corrected chi connectivity index (χ3v) is 15.0. The Morgan fingerprint density at radius 2 is 1.57 bits per heavy atom. The van der Waals surface area contributed by atoms with Crippen molar-refractivity contribution in [3.8, 4) is 11.1 Å². The highest BCUT2D eigenvalue weighted by Crippen LogP contribution is 2.66. The number of rotatable bonds is 23. The van der Waals surface area contributed by atoms with E-state index in [1.165, 1.54) is 12.5 Å². The zero-order valence-electron chi connectivity index (χ0n) is 38.8. The van der Waals surface area contributed by atoms with Crippen LogP contribution in [0.3, 0.4) is 0 Å². The number of nitrogens with one attached hydrogen (secondary N) is 3. The van der Waals surface area contributed by atoms with Gasteiger partial charge in [-0.3, -0.25) is 24.0 Å². The molecule has 0 spiro atoms. The van der Waals surface area contributed by atoms with Crippen LogP contribution in [0, 0.1) is 29.1 Å². The van der Waals surface area contributed by atoms with Crippen molar-refractivity contribution in [2.24, 2.45) is 34.8 Å². The molecule has 2 amide bonds. The molecule has 11 atom stereocenters. The highest BCUT2D eigenvalue weighted by molar-refractivity contribution is 6.47. The van der Waals surface area contributed by atoms with Gasteiger partial charge in [0, 0.05) is 30.7 Å². The predicted molar refractivity (Wildman–Crippen MR) is 246 cm³/mol. The van der Waals surface area contributed by atoms with Crippen LogP contribution in [0.1, 0.15) is 135 Å². The lowest BCUT2D eigenvalue weighted by Gasteiger charge is -2.64. The quantitative estimate of drug-likeness (QED) is 0.0476. The van der Waals surface area contributed by atoms with E-state index in [-0.39, 0.29) is 59.7 Å². The minimum absolute atomic E-state index is 0.00415. The van der Waals surface area contributed by atoms with Crippen LogP contribution in [0.25, 0.3) is 11.1 Å². The maximum Gasteiger partial charge on any atom is 0.461 e. The smallest absolute Gasteiger partial charge is 0.405 e. The van der Waals surface area contributed by atoms with Gasteiger partial charge in [-0.25, -0.2) is 0 Å². The molecule has 3 saturated carbocycles. The van der Waals surface area contributed by atoms with E-state index in [9.17, 15) is 29.1 Å². The number of ketones is 3. The summed E-state index contributed by atoms with van der Waals surface area (Å²) in [5.74, 6) is -1.65. The second-order valence-electron chi connectivity index (χ2n) is 20.2. The Balaban J connectivity index is 0.965. The lowest BCUT2D eigenvalue weighted by atomic mass is 9.43. The molecule has 2 heterocycles. The standard InChI is InChI=1S/C50H73BN4O8/c1-8-9-12-33-14-16-35(17-15-33)36-18-20-37(21-19-36)41(57)26-34-25-40(53-29-34)48(61)55-46(32(4)56)43(59)23-30(2)47(60)54-39(13-10-11-22-52)42(58)24-31(3)51-62-45-28-38-27-44(49(38,5)6)50(45,7)63-51/h14-21,30-32,34,38-40,44-46,53,56H,8-13,22-29,52H2,1-7H3,(H,54,60)(H,55,61)/t30-,31-,32-,34-,38+,39+,40+,44+,45?,46+,50+/m1/s1. The molecular weight excluding hydrogens is 795 g/mol. The zero-order chi connectivity index (χ0) is 45.6. The molecule has 6 N–H and O–H groups in total. The van der Waals surface area contributed by atoms with E-state index in [4.69, 9.17) is 15.0 Å². The largest absolute Gasteiger partial charge is 0.461 e. The van der Waals surface area contributed by atoms with Crippen LogP contribution in [0.2, 0.25) is 5.82 Å². The van der Waals surface area contributed by atoms with Crippen molar-refractivity contribution in [2.75, 3.05) is 13.1 Å². The number of aliphatic hydroxyl groups excluding tert-OH is 1. The van der Waals surface area contributed by atoms with E-state index in [0.717, 1.165) is 43.2 Å². The molecule has 0 radical (unpaired) electrons. The molecule has 2 bridgehead atoms. The molecule has 0 aromatic heterocycles. The molecule has 12 nitrogen and oxygen atoms in total. The van der Waals surface area contributed by atoms with Crippen LogP contribution < -0.4 is 21.7 Å². The van der Waals surface area contributed by atoms with Gasteiger partial charge in [0.1, 0.15) is 6.04 Å². The number of nitrogens with two attached hydrogens (primary N) is 1. The van der Waals surface area contributed by atoms with Crippen molar-refractivity contribution in [1.29, 1.82) is 0 Å². The number of benzene rings is 2. The number of hydrogen-bond donors (Lipinski definition) is 5. The molecule has 1 unspecified atom stereocenters. The SMILES string of the molecule is CCCCc1ccc(-c2ccc(C(=O)C[C@@H]3CN[C@H](C(=O)N[C@H](C(=O)C[C@@H](C)C(=O)N[C@@H](CCCCN)C(=O)C[C@@H](C)B4OC5C[C@@H]6C[C@@H](C6(C)C)[C@]5(C)O4)[C@@H](C)O)C3)cc2)cc1. The highest BCUT2D eigenvalue weighted by atomic mass is 16.7. The van der Waals surface area contributed by atoms with Crippen LogP contribution in [0.15, 0.2) is 48.5 Å². The first-order valence-corrected chi connectivity index (χ1v) is 23.8. The van der Waals surface area contributed by atoms with Gasteiger partial charge in [-0.2, -0.15) is 0 Å². The summed E-state index contributed by atoms with van der Waals surface area (Å²) in [5, 5.41) is 19.4. The molecule has 344 valence electrons. The number of amides is 2. The minimum atomic E-state index is -1.24. The van der Waals surface area contributed by atoms with Crippen LogP contribution >= 0.6 is 0 Å². The number of carbonyl (C=O) groups is 5. The Hall–Kier alpha value is -3.75. The topological polar surface area (TPSA) is 186 Å². The number of aryl methyl sites for hydroxylation is 1. The summed E-state index contributed by atoms with van der Waals surface area (Å²) in [4.78, 5) is 67.7. The summed E-state index contributed by atoms with van der Waals surface area (Å²) in [5.41, 5.74) is 9.66. The van der Waals surface area contributed by atoms with Crippen molar-refractivity contribution < 1.29 is 38.4 Å². The van der Waals surface area contributed by atoms with Gasteiger partial charge in [0.05, 0.1) is 29.9 Å². The average molecular weight is 869 g/mol. The van der Waals surface area contributed by atoms with Crippen LogP contribution in [0.4, 0.5) is 0 Å². The van der Waals surface area contributed by atoms with Crippen molar-refractivity contribution in [2.45, 2.75) is 167 Å². The maximum atomic E-state index is 13.8. The van der Waals surface area contributed by atoms with E-state index in [1.807, 2.05) is 31.2 Å². The molecule has 5 aliphatic rings. The fraction of sp³-hybridized carbons (Fsp3) is 0.660. The van der Waals surface area contributed by atoms with Gasteiger partial charge in [0.25, 0.3) is 0 Å². The summed E-state index contributed by atoms with van der Waals surface area (Å²) in [6.07, 6.45) is 6.61. The third kappa shape index (κ3) is 11.4. The number of Topliss-reactive ketones (excluding diaryl/α,β-unsaturated/α-hetero) is 3. The molecule has 5 fully saturated rings. The van der Waals surface area contributed by atoms with Crippen molar-refractivity contribution in [3.05, 3.63) is 59.7 Å². The number of carbonyl (C=O) groups excluding carboxylic acids is 5. The zero-order valence-corrected chi connectivity index (χ0v) is 38.8. The highest BCUT2D eigenvalue weighted by Gasteiger charge is 2.68. The molecular formula is C50H73BN4O8. The van der Waals surface area contributed by atoms with Gasteiger partial charge < -0.3 is 36.1 Å². The van der Waals surface area contributed by atoms with E-state index in [2.05, 4.69) is 67.9 Å². The second kappa shape index (κ2) is 21.0. The fourth-order valence-electron chi connectivity index (χ4n) is 10.7. The van der Waals surface area contributed by atoms with Crippen LogP contribution in [-0.4, -0.2) is 90.4 Å². The maximum absolute atomic E-state index is 13.8. The average Bonchev–Trinajstić information content (AvgIpc) is 3.88. The van der Waals surface area contributed by atoms with Crippen LogP contribution in [0.5, 0.6) is 0 Å². The molecule has 2 saturated heterocycles. The molecule has 7 rings (SSSR count). The number of aliphatic hydroxyl groups is 1. The number of unbranched alkanes of at least 4 members (excludes halogenated alkanes) is 2. The summed E-state index contributed by atoms with van der Waals surface area (Å²) >= 11 is 0. The van der Waals surface area contributed by atoms with E-state index < -0.39 is 54.9 Å². The number of hydrogen-bond acceptors (Lipinski definition) is 10. The third-order valence-electron chi connectivity index (χ3n) is 15.0. The Morgan fingerprint density at radius 1 is 0.889 bits per heavy atom. The second-order valence-corrected chi connectivity index (χ2v) is 20.2. The molecule has 3 aliphatic carbocycles. The van der Waals surface area contributed by atoms with Crippen molar-refractivity contribution >= 4 is 36.3 Å². The molecule has 2 aromatic rings. The predicted octanol–water partition coefficient (Wildman–Crippen LogP) is 6.40. The van der Waals surface area contributed by atoms with E-state index in [1.54, 1.807) is 6.92 Å². The summed E-state index contributed by atoms with van der Waals surface area (Å²) in [7, 11) is -0.510. The van der Waals surface area contributed by atoms with Gasteiger partial charge in [-0.05, 0) is 124 Å². The molecule has 63 heavy (non-hydrogen) atoms.